The maximum atomic E-state index is 12.9. The zero-order valence-electron chi connectivity index (χ0n) is 15.1. The molecule has 0 aliphatic heterocycles. The molecule has 0 radical (unpaired) electrons. The lowest BCUT2D eigenvalue weighted by atomic mass is 9.95. The summed E-state index contributed by atoms with van der Waals surface area (Å²) in [6, 6.07) is 24.8. The molecule has 4 nitrogen and oxygen atoms in total. The van der Waals surface area contributed by atoms with Gasteiger partial charge in [-0.15, -0.1) is 0 Å². The van der Waals surface area contributed by atoms with E-state index in [1.165, 1.54) is 0 Å². The zero-order chi connectivity index (χ0) is 18.7. The Kier molecular flexibility index (Phi) is 4.55. The van der Waals surface area contributed by atoms with Gasteiger partial charge in [0.25, 0.3) is 0 Å². The number of carbonyl (C=O) groups excluding carboxylic acids is 1. The average molecular weight is 359 g/mol. The maximum Gasteiger partial charge on any atom is 0.235 e. The monoisotopic (exact) mass is 359 g/mol. The fourth-order valence-electron chi connectivity index (χ4n) is 3.16. The average Bonchev–Trinajstić information content (AvgIpc) is 3.52. The first kappa shape index (κ1) is 17.2. The molecule has 1 aliphatic carbocycles. The highest BCUT2D eigenvalue weighted by Gasteiger charge is 2.51. The summed E-state index contributed by atoms with van der Waals surface area (Å²) in [4.78, 5) is 12.9. The number of hydrogen-bond acceptors (Lipinski definition) is 3. The molecule has 1 fully saturated rings. The van der Waals surface area contributed by atoms with Gasteiger partial charge >= 0.3 is 0 Å². The lowest BCUT2D eigenvalue weighted by molar-refractivity contribution is -0.118. The predicted molar refractivity (Wildman–Crippen MR) is 105 cm³/mol. The molecule has 4 heteroatoms. The summed E-state index contributed by atoms with van der Waals surface area (Å²) >= 11 is 0. The van der Waals surface area contributed by atoms with Crippen LogP contribution in [-0.4, -0.2) is 13.0 Å². The quantitative estimate of drug-likeness (QED) is 0.661. The maximum absolute atomic E-state index is 12.9. The van der Waals surface area contributed by atoms with Crippen LogP contribution >= 0.6 is 0 Å². The molecule has 4 rings (SSSR count). The van der Waals surface area contributed by atoms with Crippen LogP contribution in [0.25, 0.3) is 0 Å². The van der Waals surface area contributed by atoms with E-state index in [-0.39, 0.29) is 5.91 Å². The number of rotatable bonds is 6. The number of amides is 1. The Labute approximate surface area is 158 Å². The standard InChI is InChI=1S/C23H21NO3/c1-26-19-11-7-17(8-12-19)23(15-16-23)22(25)24-18-9-13-21(14-10-18)27-20-5-3-2-4-6-20/h2-14H,15-16H2,1H3,(H,24,25). The van der Waals surface area contributed by atoms with Gasteiger partial charge in [-0.2, -0.15) is 0 Å². The van der Waals surface area contributed by atoms with Crippen LogP contribution in [0.4, 0.5) is 5.69 Å². The van der Waals surface area contributed by atoms with Crippen LogP contribution in [-0.2, 0) is 10.2 Å². The summed E-state index contributed by atoms with van der Waals surface area (Å²) < 4.78 is 11.0. The highest BCUT2D eigenvalue weighted by Crippen LogP contribution is 2.49. The van der Waals surface area contributed by atoms with E-state index in [4.69, 9.17) is 9.47 Å². The van der Waals surface area contributed by atoms with E-state index in [0.29, 0.717) is 0 Å². The van der Waals surface area contributed by atoms with Gasteiger partial charge in [-0.3, -0.25) is 4.79 Å². The Morgan fingerprint density at radius 3 is 2.00 bits per heavy atom. The van der Waals surface area contributed by atoms with Gasteiger partial charge in [0.1, 0.15) is 17.2 Å². The number of nitrogens with one attached hydrogen (secondary N) is 1. The second-order valence-corrected chi connectivity index (χ2v) is 6.70. The normalized spacial score (nSPS) is 14.3. The number of hydrogen-bond donors (Lipinski definition) is 1. The minimum atomic E-state index is -0.425. The molecule has 3 aromatic carbocycles. The van der Waals surface area contributed by atoms with Crippen molar-refractivity contribution >= 4 is 11.6 Å². The lowest BCUT2D eigenvalue weighted by Crippen LogP contribution is -2.27. The largest absolute Gasteiger partial charge is 0.497 e. The van der Waals surface area contributed by atoms with Crippen LogP contribution in [0.3, 0.4) is 0 Å². The number of methoxy groups -OCH3 is 1. The van der Waals surface area contributed by atoms with Crippen LogP contribution in [0, 0.1) is 0 Å². The Morgan fingerprint density at radius 2 is 1.41 bits per heavy atom. The Balaban J connectivity index is 1.43. The van der Waals surface area contributed by atoms with Gasteiger partial charge < -0.3 is 14.8 Å². The molecule has 1 amide bonds. The van der Waals surface area contributed by atoms with E-state index in [1.54, 1.807) is 7.11 Å². The van der Waals surface area contributed by atoms with Crippen molar-refractivity contribution in [2.24, 2.45) is 0 Å². The van der Waals surface area contributed by atoms with Gasteiger partial charge in [0.15, 0.2) is 0 Å². The summed E-state index contributed by atoms with van der Waals surface area (Å²) in [6.45, 7) is 0. The van der Waals surface area contributed by atoms with Gasteiger partial charge in [0.2, 0.25) is 5.91 Å². The molecule has 0 heterocycles. The second-order valence-electron chi connectivity index (χ2n) is 6.70. The Bertz CT molecular complexity index is 914. The zero-order valence-corrected chi connectivity index (χ0v) is 15.1. The molecule has 1 N–H and O–H groups in total. The summed E-state index contributed by atoms with van der Waals surface area (Å²) in [5.74, 6) is 2.34. The van der Waals surface area contributed by atoms with Crippen molar-refractivity contribution in [3.05, 3.63) is 84.4 Å². The molecule has 0 spiro atoms. The second kappa shape index (κ2) is 7.16. The van der Waals surface area contributed by atoms with Crippen LogP contribution in [0.1, 0.15) is 18.4 Å². The highest BCUT2D eigenvalue weighted by molar-refractivity contribution is 6.01. The third kappa shape index (κ3) is 3.65. The number of anilines is 1. The van der Waals surface area contributed by atoms with E-state index >= 15 is 0 Å². The highest BCUT2D eigenvalue weighted by atomic mass is 16.5. The minimum absolute atomic E-state index is 0.0318. The SMILES string of the molecule is COc1ccc(C2(C(=O)Nc3ccc(Oc4ccccc4)cc3)CC2)cc1. The summed E-state index contributed by atoms with van der Waals surface area (Å²) in [5, 5.41) is 3.04. The topological polar surface area (TPSA) is 47.6 Å². The molecule has 0 unspecified atom stereocenters. The van der Waals surface area contributed by atoms with E-state index in [9.17, 15) is 4.79 Å². The molecule has 0 saturated heterocycles. The van der Waals surface area contributed by atoms with Gasteiger partial charge in [0.05, 0.1) is 12.5 Å². The van der Waals surface area contributed by atoms with Gasteiger partial charge in [-0.1, -0.05) is 30.3 Å². The number of carbonyl (C=O) groups is 1. The molecule has 136 valence electrons. The van der Waals surface area contributed by atoms with Gasteiger partial charge in [0, 0.05) is 5.69 Å². The van der Waals surface area contributed by atoms with E-state index in [0.717, 1.165) is 41.3 Å². The van der Waals surface area contributed by atoms with Crippen molar-refractivity contribution in [3.8, 4) is 17.2 Å². The molecule has 3 aromatic rings. The van der Waals surface area contributed by atoms with Crippen molar-refractivity contribution in [1.82, 2.24) is 0 Å². The van der Waals surface area contributed by atoms with Crippen molar-refractivity contribution in [1.29, 1.82) is 0 Å². The summed E-state index contributed by atoms with van der Waals surface area (Å²) in [7, 11) is 1.64. The number of ether oxygens (including phenoxy) is 2. The van der Waals surface area contributed by atoms with E-state index in [1.807, 2.05) is 78.9 Å². The van der Waals surface area contributed by atoms with Gasteiger partial charge in [-0.05, 0) is 66.9 Å². The van der Waals surface area contributed by atoms with E-state index in [2.05, 4.69) is 5.32 Å². The summed E-state index contributed by atoms with van der Waals surface area (Å²) in [5.41, 5.74) is 1.37. The molecule has 0 atom stereocenters. The van der Waals surface area contributed by atoms with Crippen LogP contribution in [0.2, 0.25) is 0 Å². The van der Waals surface area contributed by atoms with Crippen molar-refractivity contribution < 1.29 is 14.3 Å². The molecule has 27 heavy (non-hydrogen) atoms. The molecule has 1 aliphatic rings. The minimum Gasteiger partial charge on any atom is -0.497 e. The smallest absolute Gasteiger partial charge is 0.235 e. The van der Waals surface area contributed by atoms with Crippen molar-refractivity contribution in [3.63, 3.8) is 0 Å². The van der Waals surface area contributed by atoms with Gasteiger partial charge in [-0.25, -0.2) is 0 Å². The van der Waals surface area contributed by atoms with Crippen molar-refractivity contribution in [2.75, 3.05) is 12.4 Å². The molecular formula is C23H21NO3. The first-order valence-electron chi connectivity index (χ1n) is 8.99. The molecule has 1 saturated carbocycles. The number of benzene rings is 3. The Hall–Kier alpha value is -3.27. The van der Waals surface area contributed by atoms with E-state index < -0.39 is 5.41 Å². The van der Waals surface area contributed by atoms with Crippen molar-refractivity contribution in [2.45, 2.75) is 18.3 Å². The molecular weight excluding hydrogens is 338 g/mol. The predicted octanol–water partition coefficient (Wildman–Crippen LogP) is 5.16. The first-order chi connectivity index (χ1) is 13.2. The third-order valence-electron chi connectivity index (χ3n) is 4.92. The van der Waals surface area contributed by atoms with Crippen LogP contribution in [0.15, 0.2) is 78.9 Å². The number of para-hydroxylation sites is 1. The van der Waals surface area contributed by atoms with Crippen LogP contribution in [0.5, 0.6) is 17.2 Å². The fourth-order valence-corrected chi connectivity index (χ4v) is 3.16. The lowest BCUT2D eigenvalue weighted by Gasteiger charge is -2.16. The third-order valence-corrected chi connectivity index (χ3v) is 4.92. The van der Waals surface area contributed by atoms with Crippen LogP contribution < -0.4 is 14.8 Å². The fraction of sp³-hybridized carbons (Fsp3) is 0.174. The first-order valence-corrected chi connectivity index (χ1v) is 8.99. The molecule has 0 bridgehead atoms. The summed E-state index contributed by atoms with van der Waals surface area (Å²) in [6.07, 6.45) is 1.72. The molecule has 0 aromatic heterocycles. The Morgan fingerprint density at radius 1 is 0.815 bits per heavy atom.